The third-order valence-electron chi connectivity index (χ3n) is 2.43. The number of carbonyl (C=O) groups is 1. The minimum atomic E-state index is -0.248. The van der Waals surface area contributed by atoms with Crippen molar-refractivity contribution >= 4 is 5.97 Å². The average Bonchev–Trinajstić information content (AvgIpc) is 2.30. The van der Waals surface area contributed by atoms with E-state index in [1.165, 1.54) is 0 Å². The maximum absolute atomic E-state index is 11.6. The Morgan fingerprint density at radius 3 is 2.50 bits per heavy atom. The summed E-state index contributed by atoms with van der Waals surface area (Å²) in [5, 5.41) is 10.1. The second-order valence-electron chi connectivity index (χ2n) is 3.73. The summed E-state index contributed by atoms with van der Waals surface area (Å²) < 4.78 is 10.0. The Kier molecular flexibility index (Phi) is 10.5. The van der Waals surface area contributed by atoms with Gasteiger partial charge in [-0.05, 0) is 12.8 Å². The molecule has 1 unspecified atom stereocenters. The van der Waals surface area contributed by atoms with Crippen molar-refractivity contribution < 1.29 is 19.4 Å². The van der Waals surface area contributed by atoms with Crippen LogP contribution in [0.4, 0.5) is 0 Å². The molecule has 1 radical (unpaired) electrons. The average molecular weight is 231 g/mol. The fourth-order valence-electron chi connectivity index (χ4n) is 1.42. The lowest BCUT2D eigenvalue weighted by Crippen LogP contribution is -2.19. The van der Waals surface area contributed by atoms with Crippen LogP contribution in [0, 0.1) is 5.92 Å². The van der Waals surface area contributed by atoms with Crippen LogP contribution in [0.5, 0.6) is 0 Å². The zero-order chi connectivity index (χ0) is 12.2. The van der Waals surface area contributed by atoms with Crippen molar-refractivity contribution in [1.29, 1.82) is 0 Å². The highest BCUT2D eigenvalue weighted by Gasteiger charge is 2.16. The molecule has 0 saturated heterocycles. The molecule has 95 valence electrons. The molecule has 0 fully saturated rings. The normalized spacial score (nSPS) is 12.4. The van der Waals surface area contributed by atoms with Crippen molar-refractivity contribution in [2.24, 2.45) is 5.92 Å². The van der Waals surface area contributed by atoms with Crippen LogP contribution in [0.15, 0.2) is 0 Å². The van der Waals surface area contributed by atoms with Crippen LogP contribution in [-0.2, 0) is 19.4 Å². The maximum Gasteiger partial charge on any atom is 0.308 e. The summed E-state index contributed by atoms with van der Waals surface area (Å²) in [5.74, 6) is -0.124. The molecule has 0 saturated carbocycles. The van der Waals surface area contributed by atoms with Crippen molar-refractivity contribution in [2.75, 3.05) is 26.4 Å². The zero-order valence-corrected chi connectivity index (χ0v) is 10.4. The predicted molar refractivity (Wildman–Crippen MR) is 60.6 cm³/mol. The Morgan fingerprint density at radius 2 is 1.94 bits per heavy atom. The molecule has 0 aliphatic carbocycles. The molecule has 0 spiro atoms. The second kappa shape index (κ2) is 10.9. The molecule has 4 nitrogen and oxygen atoms in total. The van der Waals surface area contributed by atoms with E-state index in [1.54, 1.807) is 0 Å². The monoisotopic (exact) mass is 231 g/mol. The SMILES string of the molecule is CCCCC(CC)C(=O)OCCOCC[O]. The van der Waals surface area contributed by atoms with Gasteiger partial charge in [-0.25, -0.2) is 5.11 Å². The summed E-state index contributed by atoms with van der Waals surface area (Å²) in [6.07, 6.45) is 3.87. The Morgan fingerprint density at radius 1 is 1.19 bits per heavy atom. The third-order valence-corrected chi connectivity index (χ3v) is 2.43. The molecule has 16 heavy (non-hydrogen) atoms. The van der Waals surface area contributed by atoms with Crippen LogP contribution in [-0.4, -0.2) is 32.4 Å². The molecule has 1 atom stereocenters. The van der Waals surface area contributed by atoms with Gasteiger partial charge < -0.3 is 9.47 Å². The minimum absolute atomic E-state index is 0.0134. The van der Waals surface area contributed by atoms with E-state index >= 15 is 0 Å². The lowest BCUT2D eigenvalue weighted by atomic mass is 10.00. The Bertz CT molecular complexity index is 170. The smallest absolute Gasteiger partial charge is 0.308 e. The van der Waals surface area contributed by atoms with Gasteiger partial charge in [-0.3, -0.25) is 4.79 Å². The fraction of sp³-hybridized carbons (Fsp3) is 0.917. The topological polar surface area (TPSA) is 55.4 Å². The number of ether oxygens (including phenoxy) is 2. The molecule has 0 aromatic carbocycles. The highest BCUT2D eigenvalue weighted by molar-refractivity contribution is 5.72. The summed E-state index contributed by atoms with van der Waals surface area (Å²) in [4.78, 5) is 11.6. The molecule has 0 rings (SSSR count). The highest BCUT2D eigenvalue weighted by Crippen LogP contribution is 2.14. The number of carbonyl (C=O) groups excluding carboxylic acids is 1. The molecule has 0 amide bonds. The van der Waals surface area contributed by atoms with Gasteiger partial charge in [-0.1, -0.05) is 26.7 Å². The third kappa shape index (κ3) is 7.65. The van der Waals surface area contributed by atoms with Gasteiger partial charge in [-0.15, -0.1) is 0 Å². The minimum Gasteiger partial charge on any atom is -0.463 e. The molecule has 0 bridgehead atoms. The van der Waals surface area contributed by atoms with E-state index in [0.717, 1.165) is 25.7 Å². The highest BCUT2D eigenvalue weighted by atomic mass is 16.6. The number of esters is 1. The van der Waals surface area contributed by atoms with Gasteiger partial charge in [0.25, 0.3) is 0 Å². The van der Waals surface area contributed by atoms with E-state index in [4.69, 9.17) is 9.47 Å². The lowest BCUT2D eigenvalue weighted by Gasteiger charge is -2.13. The first-order valence-electron chi connectivity index (χ1n) is 6.08. The molecule has 0 aliphatic rings. The standard InChI is InChI=1S/C12H23O4/c1-3-5-6-11(4-2)12(14)16-10-9-15-8-7-13/h11H,3-10H2,1-2H3. The van der Waals surface area contributed by atoms with Gasteiger partial charge in [0.15, 0.2) is 0 Å². The van der Waals surface area contributed by atoms with E-state index in [-0.39, 0.29) is 31.7 Å². The van der Waals surface area contributed by atoms with Gasteiger partial charge in [0.1, 0.15) is 13.2 Å². The number of hydrogen-bond donors (Lipinski definition) is 0. The molecular formula is C12H23O4. The van der Waals surface area contributed by atoms with Crippen LogP contribution in [0.3, 0.4) is 0 Å². The van der Waals surface area contributed by atoms with E-state index in [1.807, 2.05) is 6.92 Å². The van der Waals surface area contributed by atoms with Crippen molar-refractivity contribution in [1.82, 2.24) is 0 Å². The van der Waals surface area contributed by atoms with Crippen LogP contribution in [0.2, 0.25) is 0 Å². The lowest BCUT2D eigenvalue weighted by molar-refractivity contribution is -0.150. The van der Waals surface area contributed by atoms with Crippen molar-refractivity contribution in [3.63, 3.8) is 0 Å². The molecule has 0 aliphatic heterocycles. The maximum atomic E-state index is 11.6. The quantitative estimate of drug-likeness (QED) is 0.428. The molecule has 0 aromatic rings. The summed E-state index contributed by atoms with van der Waals surface area (Å²) in [7, 11) is 0. The number of hydrogen-bond acceptors (Lipinski definition) is 3. The van der Waals surface area contributed by atoms with Crippen molar-refractivity contribution in [3.8, 4) is 0 Å². The fourth-order valence-corrected chi connectivity index (χ4v) is 1.42. The first-order valence-corrected chi connectivity index (χ1v) is 6.08. The number of unbranched alkanes of at least 4 members (excludes halogenated alkanes) is 1. The number of rotatable bonds is 10. The molecular weight excluding hydrogens is 208 g/mol. The molecule has 0 heterocycles. The molecule has 0 N–H and O–H groups in total. The Hall–Kier alpha value is -0.610. The summed E-state index contributed by atoms with van der Waals surface area (Å²) >= 11 is 0. The van der Waals surface area contributed by atoms with Crippen molar-refractivity contribution in [3.05, 3.63) is 0 Å². The second-order valence-corrected chi connectivity index (χ2v) is 3.73. The van der Waals surface area contributed by atoms with Gasteiger partial charge in [-0.2, -0.15) is 0 Å². The Balaban J connectivity index is 3.58. The van der Waals surface area contributed by atoms with E-state index < -0.39 is 0 Å². The van der Waals surface area contributed by atoms with Crippen LogP contribution in [0.1, 0.15) is 39.5 Å². The summed E-state index contributed by atoms with van der Waals surface area (Å²) in [6.45, 7) is 4.61. The summed E-state index contributed by atoms with van der Waals surface area (Å²) in [5.41, 5.74) is 0. The summed E-state index contributed by atoms with van der Waals surface area (Å²) in [6, 6.07) is 0. The van der Waals surface area contributed by atoms with Crippen LogP contribution in [0.25, 0.3) is 0 Å². The molecule has 0 aromatic heterocycles. The van der Waals surface area contributed by atoms with Crippen LogP contribution >= 0.6 is 0 Å². The van der Waals surface area contributed by atoms with E-state index in [0.29, 0.717) is 6.61 Å². The van der Waals surface area contributed by atoms with Gasteiger partial charge in [0.2, 0.25) is 0 Å². The largest absolute Gasteiger partial charge is 0.463 e. The first kappa shape index (κ1) is 15.4. The van der Waals surface area contributed by atoms with Gasteiger partial charge in [0, 0.05) is 0 Å². The van der Waals surface area contributed by atoms with Crippen molar-refractivity contribution in [2.45, 2.75) is 39.5 Å². The van der Waals surface area contributed by atoms with Gasteiger partial charge >= 0.3 is 5.97 Å². The van der Waals surface area contributed by atoms with Gasteiger partial charge in [0.05, 0.1) is 19.1 Å². The first-order chi connectivity index (χ1) is 7.76. The predicted octanol–water partition coefficient (Wildman–Crippen LogP) is 2.19. The zero-order valence-electron chi connectivity index (χ0n) is 10.4. The molecule has 4 heteroatoms. The van der Waals surface area contributed by atoms with E-state index in [9.17, 15) is 9.90 Å². The Labute approximate surface area is 97.9 Å². The van der Waals surface area contributed by atoms with Crippen LogP contribution < -0.4 is 0 Å². The van der Waals surface area contributed by atoms with E-state index in [2.05, 4.69) is 6.92 Å².